The first-order valence-electron chi connectivity index (χ1n) is 10.7. The van der Waals surface area contributed by atoms with Crippen LogP contribution in [0.3, 0.4) is 0 Å². The number of aliphatic hydroxyl groups is 1. The molecule has 8 heteroatoms. The fourth-order valence-corrected chi connectivity index (χ4v) is 4.91. The van der Waals surface area contributed by atoms with E-state index in [0.29, 0.717) is 6.61 Å². The number of carbonyl (C=O) groups is 2. The maximum absolute atomic E-state index is 13.2. The third-order valence-electron chi connectivity index (χ3n) is 5.67. The first-order valence-corrected chi connectivity index (χ1v) is 11.5. The summed E-state index contributed by atoms with van der Waals surface area (Å²) in [5, 5.41) is 12.7. The van der Waals surface area contributed by atoms with Crippen molar-refractivity contribution in [2.45, 2.75) is 19.0 Å². The Morgan fingerprint density at radius 3 is 2.55 bits per heavy atom. The number of nitrogens with zero attached hydrogens (tertiary/aromatic N) is 2. The number of carbonyl (C=O) groups excluding carboxylic acids is 2. The number of furan rings is 1. The SMILES string of the molecule is CCOc1ccc(C(CN2C(=O)C(O)=C(C(=O)c3ccco3)C2c2cccs2)N(C)C)cc1. The minimum Gasteiger partial charge on any atom is -0.503 e. The summed E-state index contributed by atoms with van der Waals surface area (Å²) in [7, 11) is 3.87. The summed E-state index contributed by atoms with van der Waals surface area (Å²) in [4.78, 5) is 30.8. The molecule has 0 aliphatic carbocycles. The molecule has 7 nitrogen and oxygen atoms in total. The third-order valence-corrected chi connectivity index (χ3v) is 6.60. The lowest BCUT2D eigenvalue weighted by Gasteiger charge is -2.33. The van der Waals surface area contributed by atoms with Gasteiger partial charge in [-0.15, -0.1) is 11.3 Å². The Labute approximate surface area is 196 Å². The Kier molecular flexibility index (Phi) is 6.67. The second-order valence-electron chi connectivity index (χ2n) is 7.93. The Morgan fingerprint density at radius 2 is 1.97 bits per heavy atom. The van der Waals surface area contributed by atoms with Gasteiger partial charge in [-0.3, -0.25) is 9.59 Å². The van der Waals surface area contributed by atoms with Crippen LogP contribution in [0.2, 0.25) is 0 Å². The van der Waals surface area contributed by atoms with Crippen LogP contribution in [-0.4, -0.2) is 53.8 Å². The van der Waals surface area contributed by atoms with Crippen molar-refractivity contribution in [3.8, 4) is 5.75 Å². The zero-order valence-electron chi connectivity index (χ0n) is 18.7. The number of Topliss-reactive ketones (excluding diaryl/α,β-unsaturated/α-hetero) is 1. The number of amides is 1. The Hall–Kier alpha value is -3.36. The van der Waals surface area contributed by atoms with E-state index in [1.165, 1.54) is 23.7 Å². The van der Waals surface area contributed by atoms with Gasteiger partial charge >= 0.3 is 0 Å². The lowest BCUT2D eigenvalue weighted by Crippen LogP contribution is -2.38. The standard InChI is InChI=1S/C25H26N2O5S/c1-4-31-17-11-9-16(10-12-17)18(26(2)3)15-27-22(20-8-6-14-33-20)21(24(29)25(27)30)23(28)19-7-5-13-32-19/h5-14,18,22,29H,4,15H2,1-3H3. The number of thiophene rings is 1. The minimum absolute atomic E-state index is 0.0431. The fraction of sp³-hybridized carbons (Fsp3) is 0.280. The van der Waals surface area contributed by atoms with E-state index in [0.717, 1.165) is 16.2 Å². The van der Waals surface area contributed by atoms with Crippen molar-refractivity contribution < 1.29 is 23.8 Å². The van der Waals surface area contributed by atoms with Crippen molar-refractivity contribution >= 4 is 23.0 Å². The van der Waals surface area contributed by atoms with E-state index in [1.54, 1.807) is 11.0 Å². The average molecular weight is 467 g/mol. The molecule has 1 aliphatic rings. The van der Waals surface area contributed by atoms with E-state index in [-0.39, 0.29) is 23.9 Å². The van der Waals surface area contributed by atoms with Gasteiger partial charge in [-0.2, -0.15) is 0 Å². The van der Waals surface area contributed by atoms with Crippen LogP contribution in [0, 0.1) is 0 Å². The zero-order valence-corrected chi connectivity index (χ0v) is 19.5. The van der Waals surface area contributed by atoms with Crippen LogP contribution in [-0.2, 0) is 4.79 Å². The third kappa shape index (κ3) is 4.44. The summed E-state index contributed by atoms with van der Waals surface area (Å²) in [5.41, 5.74) is 1.04. The van der Waals surface area contributed by atoms with Gasteiger partial charge in [-0.25, -0.2) is 0 Å². The maximum atomic E-state index is 13.2. The smallest absolute Gasteiger partial charge is 0.290 e. The van der Waals surface area contributed by atoms with Crippen molar-refractivity contribution in [3.63, 3.8) is 0 Å². The Bertz CT molecular complexity index is 1130. The van der Waals surface area contributed by atoms with Gasteiger partial charge < -0.3 is 24.1 Å². The molecule has 0 saturated carbocycles. The van der Waals surface area contributed by atoms with Crippen molar-refractivity contribution in [1.29, 1.82) is 0 Å². The Morgan fingerprint density at radius 1 is 1.21 bits per heavy atom. The second-order valence-corrected chi connectivity index (χ2v) is 8.90. The highest BCUT2D eigenvalue weighted by molar-refractivity contribution is 7.10. The Balaban J connectivity index is 1.69. The predicted octanol–water partition coefficient (Wildman–Crippen LogP) is 4.62. The zero-order chi connectivity index (χ0) is 23.5. The van der Waals surface area contributed by atoms with Crippen LogP contribution in [0.1, 0.15) is 40.0 Å². The molecule has 3 aromatic rings. The number of rotatable bonds is 9. The van der Waals surface area contributed by atoms with Gasteiger partial charge in [0.2, 0.25) is 5.78 Å². The van der Waals surface area contributed by atoms with E-state index in [9.17, 15) is 14.7 Å². The lowest BCUT2D eigenvalue weighted by atomic mass is 9.99. The topological polar surface area (TPSA) is 83.2 Å². The molecule has 172 valence electrons. The van der Waals surface area contributed by atoms with Crippen molar-refractivity contribution in [3.05, 3.63) is 87.7 Å². The molecule has 1 aromatic carbocycles. The van der Waals surface area contributed by atoms with E-state index in [4.69, 9.17) is 9.15 Å². The lowest BCUT2D eigenvalue weighted by molar-refractivity contribution is -0.130. The van der Waals surface area contributed by atoms with E-state index >= 15 is 0 Å². The summed E-state index contributed by atoms with van der Waals surface area (Å²) >= 11 is 1.43. The fourth-order valence-electron chi connectivity index (χ4n) is 4.06. The van der Waals surface area contributed by atoms with Gasteiger partial charge in [-0.05, 0) is 62.3 Å². The number of likely N-dealkylation sites (N-methyl/N-ethyl adjacent to an activating group) is 1. The minimum atomic E-state index is -0.694. The van der Waals surface area contributed by atoms with E-state index in [1.807, 2.05) is 67.7 Å². The van der Waals surface area contributed by atoms with Crippen molar-refractivity contribution in [2.24, 2.45) is 0 Å². The van der Waals surface area contributed by atoms with Crippen LogP contribution in [0.25, 0.3) is 0 Å². The number of hydrogen-bond donors (Lipinski definition) is 1. The highest BCUT2D eigenvalue weighted by Gasteiger charge is 2.45. The van der Waals surface area contributed by atoms with Crippen LogP contribution < -0.4 is 4.74 Å². The molecule has 33 heavy (non-hydrogen) atoms. The predicted molar refractivity (Wildman–Crippen MR) is 126 cm³/mol. The molecule has 1 amide bonds. The van der Waals surface area contributed by atoms with Crippen LogP contribution in [0.4, 0.5) is 0 Å². The van der Waals surface area contributed by atoms with E-state index in [2.05, 4.69) is 0 Å². The number of ketones is 1. The highest BCUT2D eigenvalue weighted by Crippen LogP contribution is 2.42. The average Bonchev–Trinajstić information content (AvgIpc) is 3.56. The molecule has 0 fully saturated rings. The van der Waals surface area contributed by atoms with Gasteiger partial charge in [-0.1, -0.05) is 18.2 Å². The van der Waals surface area contributed by atoms with Crippen molar-refractivity contribution in [2.75, 3.05) is 27.2 Å². The van der Waals surface area contributed by atoms with Crippen LogP contribution >= 0.6 is 11.3 Å². The van der Waals surface area contributed by atoms with Gasteiger partial charge in [0.1, 0.15) is 5.75 Å². The first-order chi connectivity index (χ1) is 15.9. The van der Waals surface area contributed by atoms with Crippen LogP contribution in [0.5, 0.6) is 5.75 Å². The molecule has 0 bridgehead atoms. The number of aliphatic hydroxyl groups excluding tert-OH is 1. The molecule has 4 rings (SSSR count). The number of benzene rings is 1. The monoisotopic (exact) mass is 466 g/mol. The summed E-state index contributed by atoms with van der Waals surface area (Å²) in [5.74, 6) is -0.726. The molecule has 0 radical (unpaired) electrons. The summed E-state index contributed by atoms with van der Waals surface area (Å²) in [6.45, 7) is 2.79. The summed E-state index contributed by atoms with van der Waals surface area (Å²) < 4.78 is 10.8. The second kappa shape index (κ2) is 9.64. The molecule has 2 unspecified atom stereocenters. The number of ether oxygens (including phenoxy) is 1. The molecule has 1 aliphatic heterocycles. The molecular formula is C25H26N2O5S. The molecule has 3 heterocycles. The maximum Gasteiger partial charge on any atom is 0.290 e. The normalized spacial score (nSPS) is 17.2. The highest BCUT2D eigenvalue weighted by atomic mass is 32.1. The largest absolute Gasteiger partial charge is 0.503 e. The molecule has 1 N–H and O–H groups in total. The van der Waals surface area contributed by atoms with Crippen molar-refractivity contribution in [1.82, 2.24) is 9.80 Å². The first kappa shape index (κ1) is 22.8. The van der Waals surface area contributed by atoms with Crippen LogP contribution in [0.15, 0.2) is 75.9 Å². The molecular weight excluding hydrogens is 440 g/mol. The van der Waals surface area contributed by atoms with Gasteiger partial charge in [0.15, 0.2) is 11.5 Å². The molecule has 0 spiro atoms. The van der Waals surface area contributed by atoms with Gasteiger partial charge in [0, 0.05) is 11.4 Å². The van der Waals surface area contributed by atoms with E-state index < -0.39 is 23.5 Å². The number of hydrogen-bond acceptors (Lipinski definition) is 7. The molecule has 2 atom stereocenters. The van der Waals surface area contributed by atoms with Gasteiger partial charge in [0.05, 0.1) is 30.5 Å². The summed E-state index contributed by atoms with van der Waals surface area (Å²) in [6.07, 6.45) is 1.40. The molecule has 0 saturated heterocycles. The van der Waals surface area contributed by atoms with Gasteiger partial charge in [0.25, 0.3) is 5.91 Å². The molecule has 2 aromatic heterocycles. The quantitative estimate of drug-likeness (QED) is 0.463. The summed E-state index contributed by atoms with van der Waals surface area (Å²) in [6, 6.07) is 13.7.